The highest BCUT2D eigenvalue weighted by Gasteiger charge is 2.30. The van der Waals surface area contributed by atoms with Crippen LogP contribution in [0.1, 0.15) is 11.1 Å². The molecule has 1 aliphatic heterocycles. The van der Waals surface area contributed by atoms with Crippen molar-refractivity contribution in [1.29, 1.82) is 0 Å². The number of hydrogen-bond donors (Lipinski definition) is 0. The number of amides is 1. The molecule has 1 aliphatic rings. The zero-order chi connectivity index (χ0) is 24.6. The van der Waals surface area contributed by atoms with Gasteiger partial charge < -0.3 is 9.47 Å². The fraction of sp³-hybridized carbons (Fsp3) is 0.259. The number of alkyl halides is 3. The van der Waals surface area contributed by atoms with E-state index in [0.29, 0.717) is 60.1 Å². The van der Waals surface area contributed by atoms with Gasteiger partial charge in [0.2, 0.25) is 5.91 Å². The summed E-state index contributed by atoms with van der Waals surface area (Å²) in [5.74, 6) is -0.0531. The lowest BCUT2D eigenvalue weighted by molar-refractivity contribution is -0.137. The molecule has 1 fully saturated rings. The quantitative estimate of drug-likeness (QED) is 0.405. The average molecular weight is 480 g/mol. The van der Waals surface area contributed by atoms with E-state index in [2.05, 4.69) is 4.90 Å². The highest BCUT2D eigenvalue weighted by Crippen LogP contribution is 2.30. The number of rotatable bonds is 4. The number of benzene rings is 3. The molecule has 0 atom stereocenters. The minimum absolute atomic E-state index is 0.0527. The van der Waals surface area contributed by atoms with Gasteiger partial charge in [-0.25, -0.2) is 0 Å². The van der Waals surface area contributed by atoms with Gasteiger partial charge in [-0.3, -0.25) is 14.5 Å². The first kappa shape index (κ1) is 23.1. The monoisotopic (exact) mass is 479 g/mol. The van der Waals surface area contributed by atoms with Crippen LogP contribution in [0.3, 0.4) is 0 Å². The molecule has 0 aliphatic carbocycles. The maximum Gasteiger partial charge on any atom is 0.416 e. The zero-order valence-corrected chi connectivity index (χ0v) is 19.0. The lowest BCUT2D eigenvalue weighted by Gasteiger charge is -2.35. The van der Waals surface area contributed by atoms with E-state index in [1.165, 1.54) is 12.1 Å². The topological polar surface area (TPSA) is 45.6 Å². The van der Waals surface area contributed by atoms with Crippen molar-refractivity contribution in [2.24, 2.45) is 0 Å². The molecule has 0 unspecified atom stereocenters. The van der Waals surface area contributed by atoms with Gasteiger partial charge >= 0.3 is 6.18 Å². The van der Waals surface area contributed by atoms with Crippen LogP contribution in [-0.4, -0.2) is 46.5 Å². The zero-order valence-electron chi connectivity index (χ0n) is 19.0. The van der Waals surface area contributed by atoms with Gasteiger partial charge in [-0.05, 0) is 35.9 Å². The molecule has 180 valence electrons. The lowest BCUT2D eigenvalue weighted by Crippen LogP contribution is -2.49. The van der Waals surface area contributed by atoms with Crippen molar-refractivity contribution in [3.05, 3.63) is 94.1 Å². The molecule has 5 nitrogen and oxygen atoms in total. The lowest BCUT2D eigenvalue weighted by atomic mass is 10.1. The maximum absolute atomic E-state index is 13.2. The summed E-state index contributed by atoms with van der Waals surface area (Å²) >= 11 is 0. The second kappa shape index (κ2) is 9.19. The summed E-state index contributed by atoms with van der Waals surface area (Å²) in [6.07, 6.45) is -4.36. The first-order chi connectivity index (χ1) is 16.8. The highest BCUT2D eigenvalue weighted by molar-refractivity contribution is 5.94. The van der Waals surface area contributed by atoms with Crippen LogP contribution in [0.25, 0.3) is 21.8 Å². The number of nitrogens with zero attached hydrogens (tertiary/aromatic N) is 3. The number of pyridine rings is 1. The summed E-state index contributed by atoms with van der Waals surface area (Å²) in [5, 5.41) is 1.15. The van der Waals surface area contributed by atoms with E-state index in [1.807, 2.05) is 41.0 Å². The van der Waals surface area contributed by atoms with Crippen LogP contribution in [-0.2, 0) is 24.1 Å². The van der Waals surface area contributed by atoms with Crippen molar-refractivity contribution in [2.75, 3.05) is 26.2 Å². The minimum atomic E-state index is -4.36. The molecule has 3 aromatic carbocycles. The van der Waals surface area contributed by atoms with Crippen LogP contribution < -0.4 is 5.43 Å². The summed E-state index contributed by atoms with van der Waals surface area (Å²) in [6.45, 7) is 2.65. The second-order valence-electron chi connectivity index (χ2n) is 8.80. The van der Waals surface area contributed by atoms with Gasteiger partial charge in [0.15, 0.2) is 5.43 Å². The number of aromatic nitrogens is 1. The Balaban J connectivity index is 1.30. The van der Waals surface area contributed by atoms with Crippen LogP contribution in [0.2, 0.25) is 0 Å². The van der Waals surface area contributed by atoms with Crippen molar-refractivity contribution in [3.63, 3.8) is 0 Å². The molecule has 5 rings (SSSR count). The summed E-state index contributed by atoms with van der Waals surface area (Å²) in [6, 6.07) is 20.0. The Kier molecular flexibility index (Phi) is 6.06. The van der Waals surface area contributed by atoms with Gasteiger partial charge in [0.05, 0.1) is 16.6 Å². The minimum Gasteiger partial charge on any atom is -0.339 e. The van der Waals surface area contributed by atoms with Gasteiger partial charge in [0.1, 0.15) is 6.54 Å². The number of carbonyl (C=O) groups excluding carboxylic acids is 1. The van der Waals surface area contributed by atoms with Crippen molar-refractivity contribution < 1.29 is 18.0 Å². The molecule has 0 saturated carbocycles. The van der Waals surface area contributed by atoms with Crippen molar-refractivity contribution >= 4 is 27.7 Å². The van der Waals surface area contributed by atoms with E-state index in [1.54, 1.807) is 23.1 Å². The molecule has 1 saturated heterocycles. The third-order valence-corrected chi connectivity index (χ3v) is 6.56. The summed E-state index contributed by atoms with van der Waals surface area (Å²) in [4.78, 5) is 30.0. The average Bonchev–Trinajstić information content (AvgIpc) is 2.86. The molecule has 1 aromatic heterocycles. The highest BCUT2D eigenvalue weighted by atomic mass is 19.4. The molecule has 4 aromatic rings. The van der Waals surface area contributed by atoms with Gasteiger partial charge in [0, 0.05) is 43.5 Å². The molecular weight excluding hydrogens is 455 g/mol. The maximum atomic E-state index is 13.2. The molecule has 1 amide bonds. The molecule has 0 bridgehead atoms. The smallest absolute Gasteiger partial charge is 0.339 e. The normalized spacial score (nSPS) is 15.1. The fourth-order valence-corrected chi connectivity index (χ4v) is 4.74. The molecule has 0 radical (unpaired) electrons. The second-order valence-corrected chi connectivity index (χ2v) is 8.80. The standard InChI is InChI=1S/C27H24F3N3O2/c28-27(29,30)20-7-5-6-19(16-20)17-31-12-14-32(15-13-31)25(34)18-33-23-10-3-1-8-21(23)26(35)22-9-2-4-11-24(22)33/h1-11,16H,12-15,17-18H2. The molecule has 0 spiro atoms. The molecule has 35 heavy (non-hydrogen) atoms. The summed E-state index contributed by atoms with van der Waals surface area (Å²) in [7, 11) is 0. The first-order valence-electron chi connectivity index (χ1n) is 11.5. The Morgan fingerprint density at radius 2 is 1.40 bits per heavy atom. The number of halogens is 3. The van der Waals surface area contributed by atoms with E-state index >= 15 is 0 Å². The molecule has 0 N–H and O–H groups in total. The van der Waals surface area contributed by atoms with Crippen LogP contribution in [0.4, 0.5) is 13.2 Å². The predicted octanol–water partition coefficient (Wildman–Crippen LogP) is 4.52. The predicted molar refractivity (Wildman–Crippen MR) is 129 cm³/mol. The number of piperazine rings is 1. The Labute approximate surface area is 200 Å². The number of hydrogen-bond acceptors (Lipinski definition) is 3. The molecule has 8 heteroatoms. The van der Waals surface area contributed by atoms with E-state index < -0.39 is 11.7 Å². The Bertz CT molecular complexity index is 1390. The van der Waals surface area contributed by atoms with Crippen LogP contribution in [0.5, 0.6) is 0 Å². The Morgan fingerprint density at radius 3 is 2.00 bits per heavy atom. The van der Waals surface area contributed by atoms with Gasteiger partial charge in [-0.2, -0.15) is 13.2 Å². The fourth-order valence-electron chi connectivity index (χ4n) is 4.74. The van der Waals surface area contributed by atoms with Gasteiger partial charge in [-0.15, -0.1) is 0 Å². The Morgan fingerprint density at radius 1 is 0.800 bits per heavy atom. The van der Waals surface area contributed by atoms with Gasteiger partial charge in [0.25, 0.3) is 0 Å². The van der Waals surface area contributed by atoms with Crippen LogP contribution in [0.15, 0.2) is 77.6 Å². The third kappa shape index (κ3) is 4.66. The van der Waals surface area contributed by atoms with Crippen molar-refractivity contribution in [2.45, 2.75) is 19.3 Å². The first-order valence-corrected chi connectivity index (χ1v) is 11.5. The molecule has 2 heterocycles. The number of para-hydroxylation sites is 2. The number of fused-ring (bicyclic) bond motifs is 2. The van der Waals surface area contributed by atoms with Crippen LogP contribution >= 0.6 is 0 Å². The van der Waals surface area contributed by atoms with E-state index in [4.69, 9.17) is 0 Å². The number of carbonyl (C=O) groups is 1. The van der Waals surface area contributed by atoms with E-state index in [-0.39, 0.29) is 17.9 Å². The SMILES string of the molecule is O=C(Cn1c2ccccc2c(=O)c2ccccc21)N1CCN(Cc2cccc(C(F)(F)F)c2)CC1. The van der Waals surface area contributed by atoms with E-state index in [9.17, 15) is 22.8 Å². The largest absolute Gasteiger partial charge is 0.416 e. The van der Waals surface area contributed by atoms with Crippen LogP contribution in [0, 0.1) is 0 Å². The summed E-state index contributed by atoms with van der Waals surface area (Å²) in [5.41, 5.74) is 1.33. The van der Waals surface area contributed by atoms with Crippen molar-refractivity contribution in [1.82, 2.24) is 14.4 Å². The van der Waals surface area contributed by atoms with Gasteiger partial charge in [-0.1, -0.05) is 42.5 Å². The molecular formula is C27H24F3N3O2. The van der Waals surface area contributed by atoms with Crippen molar-refractivity contribution in [3.8, 4) is 0 Å². The Hall–Kier alpha value is -3.65. The third-order valence-electron chi connectivity index (χ3n) is 6.56. The summed E-state index contributed by atoms with van der Waals surface area (Å²) < 4.78 is 40.9. The van der Waals surface area contributed by atoms with E-state index in [0.717, 1.165) is 6.07 Å².